The van der Waals surface area contributed by atoms with Gasteiger partial charge in [-0.3, -0.25) is 4.79 Å². The van der Waals surface area contributed by atoms with Crippen LogP contribution >= 0.6 is 15.9 Å². The van der Waals surface area contributed by atoms with Gasteiger partial charge in [0.2, 0.25) is 5.91 Å². The topological polar surface area (TPSA) is 46.3 Å². The second-order valence-corrected chi connectivity index (χ2v) is 6.82. The lowest BCUT2D eigenvalue weighted by Crippen LogP contribution is -2.51. The molecule has 2 N–H and O–H groups in total. The lowest BCUT2D eigenvalue weighted by molar-refractivity contribution is -0.137. The van der Waals surface area contributed by atoms with Gasteiger partial charge in [-0.25, -0.2) is 0 Å². The van der Waals surface area contributed by atoms with Crippen molar-refractivity contribution in [1.82, 2.24) is 4.90 Å². The number of hydrogen-bond donors (Lipinski definition) is 1. The molecule has 0 aliphatic heterocycles. The third kappa shape index (κ3) is 3.61. The zero-order valence-corrected chi connectivity index (χ0v) is 13.8. The average Bonchev–Trinajstić information content (AvgIpc) is 3.22. The number of nitrogens with two attached hydrogens (primary N) is 1. The fourth-order valence-corrected chi connectivity index (χ4v) is 2.67. The van der Waals surface area contributed by atoms with E-state index in [-0.39, 0.29) is 5.91 Å². The molecule has 1 unspecified atom stereocenters. The SMILES string of the molecule is CCCN(CC1CC1)C(=O)C(C)(N)c1ccc(Br)cc1. The number of halogens is 1. The van der Waals surface area contributed by atoms with Crippen molar-refractivity contribution in [1.29, 1.82) is 0 Å². The molecule has 0 radical (unpaired) electrons. The molecule has 1 aliphatic carbocycles. The molecule has 1 aromatic rings. The Balaban J connectivity index is 2.16. The van der Waals surface area contributed by atoms with E-state index in [0.717, 1.165) is 29.5 Å². The van der Waals surface area contributed by atoms with E-state index >= 15 is 0 Å². The molecule has 2 rings (SSSR count). The Morgan fingerprint density at radius 2 is 2.00 bits per heavy atom. The van der Waals surface area contributed by atoms with Crippen molar-refractivity contribution < 1.29 is 4.79 Å². The first-order valence-corrected chi connectivity index (χ1v) is 8.08. The molecule has 1 saturated carbocycles. The number of nitrogens with zero attached hydrogens (tertiary/aromatic N) is 1. The van der Waals surface area contributed by atoms with E-state index < -0.39 is 5.54 Å². The van der Waals surface area contributed by atoms with Crippen LogP contribution in [0.4, 0.5) is 0 Å². The van der Waals surface area contributed by atoms with Gasteiger partial charge in [0.25, 0.3) is 0 Å². The van der Waals surface area contributed by atoms with Crippen LogP contribution in [0.25, 0.3) is 0 Å². The first kappa shape index (κ1) is 15.5. The van der Waals surface area contributed by atoms with Crippen LogP contribution in [0.1, 0.15) is 38.7 Å². The highest BCUT2D eigenvalue weighted by Gasteiger charge is 2.36. The third-order valence-corrected chi connectivity index (χ3v) is 4.37. The number of amides is 1. The molecule has 0 bridgehead atoms. The molecule has 110 valence electrons. The maximum Gasteiger partial charge on any atom is 0.246 e. The lowest BCUT2D eigenvalue weighted by atomic mass is 9.91. The first-order valence-electron chi connectivity index (χ1n) is 7.29. The van der Waals surface area contributed by atoms with Crippen LogP contribution in [-0.4, -0.2) is 23.9 Å². The quantitative estimate of drug-likeness (QED) is 0.865. The summed E-state index contributed by atoms with van der Waals surface area (Å²) in [5.41, 5.74) is 6.26. The molecule has 0 saturated heterocycles. The van der Waals surface area contributed by atoms with E-state index in [2.05, 4.69) is 22.9 Å². The summed E-state index contributed by atoms with van der Waals surface area (Å²) < 4.78 is 0.993. The molecule has 0 spiro atoms. The molecule has 0 heterocycles. The highest BCUT2D eigenvalue weighted by molar-refractivity contribution is 9.10. The average molecular weight is 339 g/mol. The second kappa shape index (κ2) is 6.27. The molecule has 0 aromatic heterocycles. The van der Waals surface area contributed by atoms with Crippen molar-refractivity contribution in [3.63, 3.8) is 0 Å². The Hall–Kier alpha value is -0.870. The predicted octanol–water partition coefficient (Wildman–Crippen LogP) is 3.27. The molecular weight excluding hydrogens is 316 g/mol. The molecule has 1 atom stereocenters. The third-order valence-electron chi connectivity index (χ3n) is 3.84. The summed E-state index contributed by atoms with van der Waals surface area (Å²) in [5.74, 6) is 0.722. The fourth-order valence-electron chi connectivity index (χ4n) is 2.41. The van der Waals surface area contributed by atoms with Gasteiger partial charge in [0, 0.05) is 17.6 Å². The van der Waals surface area contributed by atoms with E-state index in [9.17, 15) is 4.79 Å². The highest BCUT2D eigenvalue weighted by Crippen LogP contribution is 2.31. The maximum atomic E-state index is 12.8. The summed E-state index contributed by atoms with van der Waals surface area (Å²) in [7, 11) is 0. The van der Waals surface area contributed by atoms with Crippen molar-refractivity contribution in [2.75, 3.05) is 13.1 Å². The van der Waals surface area contributed by atoms with Crippen LogP contribution in [0.3, 0.4) is 0 Å². The summed E-state index contributed by atoms with van der Waals surface area (Å²) >= 11 is 3.41. The van der Waals surface area contributed by atoms with Gasteiger partial charge >= 0.3 is 0 Å². The number of rotatable bonds is 6. The summed E-state index contributed by atoms with van der Waals surface area (Å²) in [6.45, 7) is 5.56. The van der Waals surface area contributed by atoms with E-state index in [4.69, 9.17) is 5.73 Å². The Morgan fingerprint density at radius 1 is 1.40 bits per heavy atom. The van der Waals surface area contributed by atoms with E-state index in [0.29, 0.717) is 5.92 Å². The Morgan fingerprint density at radius 3 is 2.50 bits per heavy atom. The van der Waals surface area contributed by atoms with Crippen LogP contribution in [0, 0.1) is 5.92 Å². The maximum absolute atomic E-state index is 12.8. The zero-order chi connectivity index (χ0) is 14.8. The molecule has 20 heavy (non-hydrogen) atoms. The summed E-state index contributed by atoms with van der Waals surface area (Å²) in [6.07, 6.45) is 3.45. The molecule has 3 nitrogen and oxygen atoms in total. The van der Waals surface area contributed by atoms with Gasteiger partial charge in [0.05, 0.1) is 0 Å². The van der Waals surface area contributed by atoms with Crippen molar-refractivity contribution in [2.24, 2.45) is 11.7 Å². The number of carbonyl (C=O) groups is 1. The van der Waals surface area contributed by atoms with Gasteiger partial charge in [-0.15, -0.1) is 0 Å². The minimum atomic E-state index is -0.954. The van der Waals surface area contributed by atoms with Crippen LogP contribution in [-0.2, 0) is 10.3 Å². The standard InChI is InChI=1S/C16H23BrN2O/c1-3-10-19(11-12-4-5-12)15(20)16(2,18)13-6-8-14(17)9-7-13/h6-9,12H,3-5,10-11,18H2,1-2H3. The van der Waals surface area contributed by atoms with Gasteiger partial charge in [-0.05, 0) is 49.8 Å². The minimum Gasteiger partial charge on any atom is -0.341 e. The second-order valence-electron chi connectivity index (χ2n) is 5.90. The molecule has 4 heteroatoms. The van der Waals surface area contributed by atoms with Crippen LogP contribution in [0.2, 0.25) is 0 Å². The molecule has 1 aromatic carbocycles. The Kier molecular flexibility index (Phi) is 4.86. The van der Waals surface area contributed by atoms with Crippen molar-refractivity contribution in [3.05, 3.63) is 34.3 Å². The number of benzene rings is 1. The van der Waals surface area contributed by atoms with E-state index in [1.807, 2.05) is 36.1 Å². The molecule has 1 fully saturated rings. The fraction of sp³-hybridized carbons (Fsp3) is 0.562. The summed E-state index contributed by atoms with van der Waals surface area (Å²) in [6, 6.07) is 7.70. The largest absolute Gasteiger partial charge is 0.341 e. The van der Waals surface area contributed by atoms with Crippen molar-refractivity contribution in [3.8, 4) is 0 Å². The van der Waals surface area contributed by atoms with Gasteiger partial charge in [-0.1, -0.05) is 35.0 Å². The monoisotopic (exact) mass is 338 g/mol. The lowest BCUT2D eigenvalue weighted by Gasteiger charge is -2.32. The van der Waals surface area contributed by atoms with Gasteiger partial charge in [-0.2, -0.15) is 0 Å². The van der Waals surface area contributed by atoms with Gasteiger partial charge in [0.1, 0.15) is 5.54 Å². The molecule has 1 aliphatic rings. The minimum absolute atomic E-state index is 0.0357. The Labute approximate surface area is 129 Å². The zero-order valence-electron chi connectivity index (χ0n) is 12.2. The van der Waals surface area contributed by atoms with Crippen molar-refractivity contribution in [2.45, 2.75) is 38.6 Å². The Bertz CT molecular complexity index is 466. The predicted molar refractivity (Wildman–Crippen MR) is 85.3 cm³/mol. The highest BCUT2D eigenvalue weighted by atomic mass is 79.9. The summed E-state index contributed by atoms with van der Waals surface area (Å²) in [4.78, 5) is 14.7. The number of carbonyl (C=O) groups excluding carboxylic acids is 1. The van der Waals surface area contributed by atoms with Crippen molar-refractivity contribution >= 4 is 21.8 Å². The van der Waals surface area contributed by atoms with E-state index in [1.54, 1.807) is 0 Å². The molecular formula is C16H23BrN2O. The van der Waals surface area contributed by atoms with Crippen LogP contribution < -0.4 is 5.73 Å². The number of hydrogen-bond acceptors (Lipinski definition) is 2. The first-order chi connectivity index (χ1) is 9.45. The van der Waals surface area contributed by atoms with Gasteiger partial charge < -0.3 is 10.6 Å². The van der Waals surface area contributed by atoms with Crippen LogP contribution in [0.15, 0.2) is 28.7 Å². The summed E-state index contributed by atoms with van der Waals surface area (Å²) in [5, 5.41) is 0. The van der Waals surface area contributed by atoms with Crippen LogP contribution in [0.5, 0.6) is 0 Å². The van der Waals surface area contributed by atoms with E-state index in [1.165, 1.54) is 12.8 Å². The molecule has 1 amide bonds. The van der Waals surface area contributed by atoms with Gasteiger partial charge in [0.15, 0.2) is 0 Å². The smallest absolute Gasteiger partial charge is 0.246 e. The normalized spacial score (nSPS) is 17.6.